The standard InChI is InChI=1S/C10H13ClN2O2.ClH/c11-8-9(14)12-6-3-7-15-10-4-1-2-5-13-10;/h1-2,4-5H,3,6-8H2,(H,12,14);1H. The van der Waals surface area contributed by atoms with E-state index in [-0.39, 0.29) is 24.2 Å². The Bertz CT molecular complexity index is 296. The number of carbonyl (C=O) groups excluding carboxylic acids is 1. The van der Waals surface area contributed by atoms with E-state index in [1.165, 1.54) is 0 Å². The first-order valence-electron chi connectivity index (χ1n) is 4.69. The van der Waals surface area contributed by atoms with Crippen molar-refractivity contribution in [2.24, 2.45) is 0 Å². The number of ether oxygens (including phenoxy) is 1. The molecule has 1 rings (SSSR count). The van der Waals surface area contributed by atoms with Crippen molar-refractivity contribution in [3.8, 4) is 5.88 Å². The maximum absolute atomic E-state index is 10.7. The second-order valence-electron chi connectivity index (χ2n) is 2.85. The first-order valence-corrected chi connectivity index (χ1v) is 5.23. The van der Waals surface area contributed by atoms with Crippen LogP contribution >= 0.6 is 24.0 Å². The van der Waals surface area contributed by atoms with Gasteiger partial charge in [-0.25, -0.2) is 4.98 Å². The average Bonchev–Trinajstić information content (AvgIpc) is 2.29. The SMILES string of the molecule is Cl.O=C(CCl)NCCCOc1ccccn1. The largest absolute Gasteiger partial charge is 0.478 e. The number of hydrogen-bond donors (Lipinski definition) is 1. The van der Waals surface area contributed by atoms with Crippen LogP contribution in [0, 0.1) is 0 Å². The van der Waals surface area contributed by atoms with E-state index < -0.39 is 0 Å². The molecule has 0 spiro atoms. The molecule has 0 aliphatic rings. The van der Waals surface area contributed by atoms with Gasteiger partial charge in [0.15, 0.2) is 0 Å². The lowest BCUT2D eigenvalue weighted by Gasteiger charge is -2.05. The number of pyridine rings is 1. The zero-order valence-corrected chi connectivity index (χ0v) is 10.3. The van der Waals surface area contributed by atoms with Gasteiger partial charge in [-0.05, 0) is 12.5 Å². The molecule has 0 fully saturated rings. The number of aromatic nitrogens is 1. The van der Waals surface area contributed by atoms with Gasteiger partial charge in [0.1, 0.15) is 5.88 Å². The van der Waals surface area contributed by atoms with Gasteiger partial charge in [-0.1, -0.05) is 6.07 Å². The summed E-state index contributed by atoms with van der Waals surface area (Å²) < 4.78 is 5.33. The van der Waals surface area contributed by atoms with Crippen LogP contribution in [-0.2, 0) is 4.79 Å². The molecule has 1 aromatic heterocycles. The van der Waals surface area contributed by atoms with Crippen LogP contribution in [0.25, 0.3) is 0 Å². The van der Waals surface area contributed by atoms with Gasteiger partial charge < -0.3 is 10.1 Å². The van der Waals surface area contributed by atoms with Gasteiger partial charge >= 0.3 is 0 Å². The molecule has 1 N–H and O–H groups in total. The number of amides is 1. The second-order valence-corrected chi connectivity index (χ2v) is 3.12. The Morgan fingerprint density at radius 2 is 2.31 bits per heavy atom. The van der Waals surface area contributed by atoms with Gasteiger partial charge in [0.2, 0.25) is 11.8 Å². The fraction of sp³-hybridized carbons (Fsp3) is 0.400. The molecule has 0 saturated carbocycles. The third-order valence-corrected chi connectivity index (χ3v) is 1.90. The second kappa shape index (κ2) is 9.24. The highest BCUT2D eigenvalue weighted by Gasteiger charge is 1.97. The lowest BCUT2D eigenvalue weighted by molar-refractivity contribution is -0.118. The van der Waals surface area contributed by atoms with E-state index >= 15 is 0 Å². The third kappa shape index (κ3) is 6.48. The van der Waals surface area contributed by atoms with E-state index in [1.54, 1.807) is 12.3 Å². The lowest BCUT2D eigenvalue weighted by Crippen LogP contribution is -2.26. The molecule has 90 valence electrons. The summed E-state index contributed by atoms with van der Waals surface area (Å²) >= 11 is 5.31. The van der Waals surface area contributed by atoms with Crippen LogP contribution in [0.4, 0.5) is 0 Å². The van der Waals surface area contributed by atoms with Crippen molar-refractivity contribution in [3.63, 3.8) is 0 Å². The predicted molar refractivity (Wildman–Crippen MR) is 65.3 cm³/mol. The third-order valence-electron chi connectivity index (χ3n) is 1.65. The van der Waals surface area contributed by atoms with Gasteiger partial charge in [-0.3, -0.25) is 4.79 Å². The molecule has 0 unspecified atom stereocenters. The highest BCUT2D eigenvalue weighted by Crippen LogP contribution is 2.02. The van der Waals surface area contributed by atoms with Gasteiger partial charge in [0.05, 0.1) is 6.61 Å². The number of nitrogens with one attached hydrogen (secondary N) is 1. The van der Waals surface area contributed by atoms with Crippen LogP contribution in [0.15, 0.2) is 24.4 Å². The summed E-state index contributed by atoms with van der Waals surface area (Å²) in [6, 6.07) is 5.47. The molecule has 0 aliphatic heterocycles. The van der Waals surface area contributed by atoms with E-state index in [4.69, 9.17) is 16.3 Å². The zero-order valence-electron chi connectivity index (χ0n) is 8.69. The molecule has 16 heavy (non-hydrogen) atoms. The van der Waals surface area contributed by atoms with Crippen molar-refractivity contribution in [2.75, 3.05) is 19.0 Å². The van der Waals surface area contributed by atoms with E-state index in [0.717, 1.165) is 6.42 Å². The Labute approximate surface area is 106 Å². The zero-order chi connectivity index (χ0) is 10.9. The Hall–Kier alpha value is -1.00. The molecule has 0 saturated heterocycles. The van der Waals surface area contributed by atoms with Gasteiger partial charge in [0, 0.05) is 18.8 Å². The fourth-order valence-electron chi connectivity index (χ4n) is 0.956. The summed E-state index contributed by atoms with van der Waals surface area (Å²) in [4.78, 5) is 14.7. The summed E-state index contributed by atoms with van der Waals surface area (Å²) in [7, 11) is 0. The van der Waals surface area contributed by atoms with E-state index in [1.807, 2.05) is 12.1 Å². The number of carbonyl (C=O) groups is 1. The lowest BCUT2D eigenvalue weighted by atomic mass is 10.4. The summed E-state index contributed by atoms with van der Waals surface area (Å²) in [5.74, 6) is 0.442. The normalized spacial score (nSPS) is 9.06. The Kier molecular flexibility index (Phi) is 8.66. The minimum atomic E-state index is -0.158. The van der Waals surface area contributed by atoms with Crippen LogP contribution in [0.1, 0.15) is 6.42 Å². The van der Waals surface area contributed by atoms with Crippen molar-refractivity contribution in [1.82, 2.24) is 10.3 Å². The van der Waals surface area contributed by atoms with Crippen molar-refractivity contribution in [3.05, 3.63) is 24.4 Å². The molecule has 1 aromatic rings. The van der Waals surface area contributed by atoms with Crippen LogP contribution in [-0.4, -0.2) is 29.9 Å². The summed E-state index contributed by atoms with van der Waals surface area (Å²) in [6.07, 6.45) is 2.41. The summed E-state index contributed by atoms with van der Waals surface area (Å²) in [6.45, 7) is 1.10. The minimum Gasteiger partial charge on any atom is -0.478 e. The van der Waals surface area contributed by atoms with Crippen LogP contribution < -0.4 is 10.1 Å². The number of rotatable bonds is 6. The minimum absolute atomic E-state index is 0. The van der Waals surface area contributed by atoms with Gasteiger partial charge in [-0.15, -0.1) is 24.0 Å². The van der Waals surface area contributed by atoms with Crippen LogP contribution in [0.2, 0.25) is 0 Å². The molecule has 6 heteroatoms. The van der Waals surface area contributed by atoms with Crippen molar-refractivity contribution >= 4 is 29.9 Å². The Morgan fingerprint density at radius 3 is 2.94 bits per heavy atom. The predicted octanol–water partition coefficient (Wildman–Crippen LogP) is 1.63. The fourth-order valence-corrected chi connectivity index (χ4v) is 1.05. The highest BCUT2D eigenvalue weighted by atomic mass is 35.5. The molecule has 0 radical (unpaired) electrons. The molecular weight excluding hydrogens is 251 g/mol. The summed E-state index contributed by atoms with van der Waals surface area (Å²) in [5, 5.41) is 2.65. The molecule has 0 bridgehead atoms. The van der Waals surface area contributed by atoms with E-state index in [0.29, 0.717) is 19.0 Å². The molecule has 1 amide bonds. The smallest absolute Gasteiger partial charge is 0.234 e. The Balaban J connectivity index is 0.00000225. The number of nitrogens with zero attached hydrogens (tertiary/aromatic N) is 1. The van der Waals surface area contributed by atoms with E-state index in [9.17, 15) is 4.79 Å². The van der Waals surface area contributed by atoms with Crippen molar-refractivity contribution in [1.29, 1.82) is 0 Å². The molecule has 0 aliphatic carbocycles. The first kappa shape index (κ1) is 15.0. The van der Waals surface area contributed by atoms with Gasteiger partial charge in [0.25, 0.3) is 0 Å². The molecular formula is C10H14Cl2N2O2. The number of halogens is 2. The molecule has 0 atom stereocenters. The quantitative estimate of drug-likeness (QED) is 0.628. The number of alkyl halides is 1. The maximum atomic E-state index is 10.7. The molecule has 0 aromatic carbocycles. The Morgan fingerprint density at radius 1 is 1.50 bits per heavy atom. The van der Waals surface area contributed by atoms with Crippen molar-refractivity contribution < 1.29 is 9.53 Å². The summed E-state index contributed by atoms with van der Waals surface area (Å²) in [5.41, 5.74) is 0. The molecule has 4 nitrogen and oxygen atoms in total. The highest BCUT2D eigenvalue weighted by molar-refractivity contribution is 6.27. The van der Waals surface area contributed by atoms with E-state index in [2.05, 4.69) is 10.3 Å². The van der Waals surface area contributed by atoms with Crippen LogP contribution in [0.5, 0.6) is 5.88 Å². The first-order chi connectivity index (χ1) is 7.33. The molecule has 1 heterocycles. The average molecular weight is 265 g/mol. The monoisotopic (exact) mass is 264 g/mol. The van der Waals surface area contributed by atoms with Crippen LogP contribution in [0.3, 0.4) is 0 Å². The van der Waals surface area contributed by atoms with Gasteiger partial charge in [-0.2, -0.15) is 0 Å². The van der Waals surface area contributed by atoms with Crippen molar-refractivity contribution in [2.45, 2.75) is 6.42 Å². The number of hydrogen-bond acceptors (Lipinski definition) is 3. The maximum Gasteiger partial charge on any atom is 0.234 e. The topological polar surface area (TPSA) is 51.2 Å².